The zero-order valence-electron chi connectivity index (χ0n) is 16.7. The van der Waals surface area contributed by atoms with Gasteiger partial charge in [-0.3, -0.25) is 14.6 Å². The minimum Gasteiger partial charge on any atom is -0.324 e. The van der Waals surface area contributed by atoms with Crippen molar-refractivity contribution >= 4 is 40.2 Å². The number of carbonyl (C=O) groups is 2. The Balaban J connectivity index is 1.61. The van der Waals surface area contributed by atoms with E-state index in [0.717, 1.165) is 22.2 Å². The Morgan fingerprint density at radius 2 is 1.93 bits per heavy atom. The van der Waals surface area contributed by atoms with Crippen LogP contribution in [0.1, 0.15) is 27.2 Å². The van der Waals surface area contributed by atoms with Gasteiger partial charge in [0, 0.05) is 22.5 Å². The van der Waals surface area contributed by atoms with Crippen LogP contribution >= 0.6 is 11.8 Å². The summed E-state index contributed by atoms with van der Waals surface area (Å²) in [5, 5.41) is 12.6. The van der Waals surface area contributed by atoms with E-state index in [4.69, 9.17) is 5.26 Å². The number of nitrogens with one attached hydrogen (secondary N) is 1. The molecular weight excluding hydrogens is 396 g/mol. The summed E-state index contributed by atoms with van der Waals surface area (Å²) in [5.41, 5.74) is 4.28. The maximum Gasteiger partial charge on any atom is 0.256 e. The molecule has 1 fully saturated rings. The number of aromatic nitrogens is 1. The number of aryl methyl sites for hydroxylation is 2. The monoisotopic (exact) mass is 416 g/mol. The summed E-state index contributed by atoms with van der Waals surface area (Å²) in [6.07, 6.45) is 0. The van der Waals surface area contributed by atoms with Crippen LogP contribution in [0.25, 0.3) is 10.9 Å². The molecule has 4 rings (SSSR count). The Bertz CT molecular complexity index is 1180. The van der Waals surface area contributed by atoms with Crippen LogP contribution in [-0.4, -0.2) is 39.4 Å². The summed E-state index contributed by atoms with van der Waals surface area (Å²) in [5.74, 6) is 0.596. The molecule has 1 aliphatic rings. The first-order valence-corrected chi connectivity index (χ1v) is 10.7. The number of amides is 2. The lowest BCUT2D eigenvalue weighted by Crippen LogP contribution is -2.44. The van der Waals surface area contributed by atoms with Crippen LogP contribution in [0.2, 0.25) is 0 Å². The van der Waals surface area contributed by atoms with Crippen molar-refractivity contribution in [3.63, 3.8) is 0 Å². The molecule has 3 aromatic rings. The molecule has 1 atom stereocenters. The maximum absolute atomic E-state index is 13.4. The van der Waals surface area contributed by atoms with Gasteiger partial charge in [0.15, 0.2) is 0 Å². The van der Waals surface area contributed by atoms with Crippen molar-refractivity contribution in [2.75, 3.05) is 16.9 Å². The van der Waals surface area contributed by atoms with Crippen LogP contribution in [-0.2, 0) is 4.79 Å². The van der Waals surface area contributed by atoms with Crippen molar-refractivity contribution in [2.45, 2.75) is 19.9 Å². The molecule has 1 aromatic heterocycles. The second-order valence-corrected chi connectivity index (χ2v) is 8.30. The van der Waals surface area contributed by atoms with E-state index in [1.807, 2.05) is 32.0 Å². The minimum absolute atomic E-state index is 0.166. The first-order chi connectivity index (χ1) is 14.5. The van der Waals surface area contributed by atoms with Crippen LogP contribution in [0.4, 0.5) is 5.69 Å². The topological polar surface area (TPSA) is 86.1 Å². The zero-order chi connectivity index (χ0) is 21.3. The minimum atomic E-state index is -0.563. The molecule has 1 unspecified atom stereocenters. The number of fused-ring (bicyclic) bond motifs is 1. The summed E-state index contributed by atoms with van der Waals surface area (Å²) in [4.78, 5) is 32.5. The second kappa shape index (κ2) is 8.17. The molecular formula is C23H20N4O2S. The molecule has 30 heavy (non-hydrogen) atoms. The van der Waals surface area contributed by atoms with E-state index in [1.54, 1.807) is 47.0 Å². The van der Waals surface area contributed by atoms with E-state index in [-0.39, 0.29) is 11.8 Å². The van der Waals surface area contributed by atoms with Gasteiger partial charge in [0.2, 0.25) is 5.91 Å². The average molecular weight is 417 g/mol. The van der Waals surface area contributed by atoms with Gasteiger partial charge in [0.05, 0.1) is 28.6 Å². The number of nitrogens with zero attached hydrogens (tertiary/aromatic N) is 3. The molecule has 150 valence electrons. The Hall–Kier alpha value is -3.37. The summed E-state index contributed by atoms with van der Waals surface area (Å²) < 4.78 is 0. The van der Waals surface area contributed by atoms with E-state index in [0.29, 0.717) is 28.4 Å². The number of thioether (sulfide) groups is 1. The molecule has 2 amide bonds. The molecule has 0 radical (unpaired) electrons. The standard InChI is InChI=1S/C23H20N4O2S/c1-14-3-8-20-18(9-14)19(10-15(2)25-20)23(29)27-13-30-12-21(27)22(28)26-17-6-4-16(11-24)5-7-17/h3-10,21H,12-13H2,1-2H3,(H,26,28). The molecule has 7 heteroatoms. The number of anilines is 1. The van der Waals surface area contributed by atoms with Crippen molar-refractivity contribution in [2.24, 2.45) is 0 Å². The SMILES string of the molecule is Cc1ccc2nc(C)cc(C(=O)N3CSCC3C(=O)Nc3ccc(C#N)cc3)c2c1. The number of benzene rings is 2. The molecule has 0 saturated carbocycles. The highest BCUT2D eigenvalue weighted by Gasteiger charge is 2.35. The molecule has 0 aliphatic carbocycles. The van der Waals surface area contributed by atoms with Gasteiger partial charge in [-0.25, -0.2) is 0 Å². The van der Waals surface area contributed by atoms with Gasteiger partial charge < -0.3 is 10.2 Å². The van der Waals surface area contributed by atoms with Gasteiger partial charge in [0.25, 0.3) is 5.91 Å². The van der Waals surface area contributed by atoms with Gasteiger partial charge in [-0.15, -0.1) is 11.8 Å². The number of pyridine rings is 1. The molecule has 2 aromatic carbocycles. The Labute approximate surface area is 178 Å². The number of rotatable bonds is 3. The van der Waals surface area contributed by atoms with E-state index >= 15 is 0 Å². The number of hydrogen-bond acceptors (Lipinski definition) is 5. The van der Waals surface area contributed by atoms with E-state index < -0.39 is 6.04 Å². The lowest BCUT2D eigenvalue weighted by molar-refractivity contribution is -0.119. The highest BCUT2D eigenvalue weighted by Crippen LogP contribution is 2.28. The summed E-state index contributed by atoms with van der Waals surface area (Å²) in [6, 6.07) is 15.8. The van der Waals surface area contributed by atoms with Crippen molar-refractivity contribution < 1.29 is 9.59 Å². The van der Waals surface area contributed by atoms with Gasteiger partial charge in [-0.2, -0.15) is 5.26 Å². The van der Waals surface area contributed by atoms with Crippen LogP contribution in [0, 0.1) is 25.2 Å². The maximum atomic E-state index is 13.4. The van der Waals surface area contributed by atoms with E-state index in [2.05, 4.69) is 16.4 Å². The number of carbonyl (C=O) groups excluding carboxylic acids is 2. The number of hydrogen-bond donors (Lipinski definition) is 1. The lowest BCUT2D eigenvalue weighted by atomic mass is 10.0. The van der Waals surface area contributed by atoms with Crippen LogP contribution in [0.15, 0.2) is 48.5 Å². The normalized spacial score (nSPS) is 15.8. The fraction of sp³-hybridized carbons (Fsp3) is 0.217. The van der Waals surface area contributed by atoms with Crippen LogP contribution in [0.3, 0.4) is 0 Å². The fourth-order valence-corrected chi connectivity index (χ4v) is 4.67. The van der Waals surface area contributed by atoms with Gasteiger partial charge in [0.1, 0.15) is 6.04 Å². The first kappa shape index (κ1) is 19.9. The van der Waals surface area contributed by atoms with E-state index in [9.17, 15) is 9.59 Å². The van der Waals surface area contributed by atoms with E-state index in [1.165, 1.54) is 0 Å². The molecule has 2 heterocycles. The molecule has 6 nitrogen and oxygen atoms in total. The van der Waals surface area contributed by atoms with Gasteiger partial charge in [-0.05, 0) is 56.3 Å². The van der Waals surface area contributed by atoms with Gasteiger partial charge in [-0.1, -0.05) is 11.6 Å². The summed E-state index contributed by atoms with van der Waals surface area (Å²) in [7, 11) is 0. The summed E-state index contributed by atoms with van der Waals surface area (Å²) >= 11 is 1.56. The molecule has 1 saturated heterocycles. The number of nitriles is 1. The Morgan fingerprint density at radius 3 is 2.67 bits per heavy atom. The molecule has 1 N–H and O–H groups in total. The van der Waals surface area contributed by atoms with Gasteiger partial charge >= 0.3 is 0 Å². The van der Waals surface area contributed by atoms with Crippen LogP contribution < -0.4 is 5.32 Å². The largest absolute Gasteiger partial charge is 0.324 e. The highest BCUT2D eigenvalue weighted by atomic mass is 32.2. The van der Waals surface area contributed by atoms with Crippen molar-refractivity contribution in [3.05, 3.63) is 70.9 Å². The predicted molar refractivity (Wildman–Crippen MR) is 118 cm³/mol. The van der Waals surface area contributed by atoms with Crippen molar-refractivity contribution in [1.29, 1.82) is 5.26 Å². The van der Waals surface area contributed by atoms with Crippen molar-refractivity contribution in [3.8, 4) is 6.07 Å². The predicted octanol–water partition coefficient (Wildman–Crippen LogP) is 3.88. The molecule has 0 spiro atoms. The highest BCUT2D eigenvalue weighted by molar-refractivity contribution is 7.99. The third kappa shape index (κ3) is 3.87. The summed E-state index contributed by atoms with van der Waals surface area (Å²) in [6.45, 7) is 3.84. The third-order valence-corrected chi connectivity index (χ3v) is 6.06. The Morgan fingerprint density at radius 1 is 1.17 bits per heavy atom. The zero-order valence-corrected chi connectivity index (χ0v) is 17.5. The smallest absolute Gasteiger partial charge is 0.256 e. The lowest BCUT2D eigenvalue weighted by Gasteiger charge is -2.24. The fourth-order valence-electron chi connectivity index (χ4n) is 3.52. The Kier molecular flexibility index (Phi) is 5.42. The van der Waals surface area contributed by atoms with Crippen LogP contribution in [0.5, 0.6) is 0 Å². The first-order valence-electron chi connectivity index (χ1n) is 9.54. The third-order valence-electron chi connectivity index (χ3n) is 5.05. The average Bonchev–Trinajstić information content (AvgIpc) is 3.23. The quantitative estimate of drug-likeness (QED) is 0.700. The molecule has 0 bridgehead atoms. The second-order valence-electron chi connectivity index (χ2n) is 7.30. The molecule has 1 aliphatic heterocycles. The van der Waals surface area contributed by atoms with Crippen molar-refractivity contribution in [1.82, 2.24) is 9.88 Å².